The fraction of sp³-hybridized carbons (Fsp3) is 0.533. The molecule has 0 fully saturated rings. The number of para-hydroxylation sites is 1. The highest BCUT2D eigenvalue weighted by Crippen LogP contribution is 2.07. The number of hydrogen-bond donors (Lipinski definition) is 2. The first kappa shape index (κ1) is 15.5. The largest absolute Gasteiger partial charge is 0.492 e. The molecule has 4 nitrogen and oxygen atoms in total. The molecule has 0 saturated heterocycles. The second kappa shape index (κ2) is 9.39. The molecule has 0 aromatic heterocycles. The van der Waals surface area contributed by atoms with Crippen LogP contribution in [-0.2, 0) is 4.79 Å². The third-order valence-corrected chi connectivity index (χ3v) is 2.62. The van der Waals surface area contributed by atoms with Gasteiger partial charge in [0.05, 0.1) is 6.54 Å². The number of carbonyl (C=O) groups is 1. The molecule has 2 N–H and O–H groups in total. The number of carbonyl (C=O) groups excluding carboxylic acids is 1. The van der Waals surface area contributed by atoms with Crippen molar-refractivity contribution in [1.82, 2.24) is 10.6 Å². The van der Waals surface area contributed by atoms with E-state index in [0.717, 1.165) is 18.7 Å². The average Bonchev–Trinajstić information content (AvgIpc) is 2.39. The normalized spacial score (nSPS) is 10.5. The summed E-state index contributed by atoms with van der Waals surface area (Å²) in [4.78, 5) is 11.4. The molecule has 19 heavy (non-hydrogen) atoms. The number of rotatable bonds is 9. The molecule has 106 valence electrons. The molecule has 1 rings (SSSR count). The molecule has 0 radical (unpaired) electrons. The lowest BCUT2D eigenvalue weighted by atomic mass is 10.1. The molecule has 0 bridgehead atoms. The zero-order valence-electron chi connectivity index (χ0n) is 11.8. The average molecular weight is 264 g/mol. The Balaban J connectivity index is 1.97. The molecule has 0 aliphatic heterocycles. The molecule has 0 aliphatic rings. The van der Waals surface area contributed by atoms with E-state index in [0.29, 0.717) is 25.6 Å². The Bertz CT molecular complexity index is 352. The first-order valence-corrected chi connectivity index (χ1v) is 6.83. The van der Waals surface area contributed by atoms with E-state index in [1.54, 1.807) is 0 Å². The minimum atomic E-state index is 0.0420. The monoisotopic (exact) mass is 264 g/mol. The maximum atomic E-state index is 11.4. The summed E-state index contributed by atoms with van der Waals surface area (Å²) in [5.74, 6) is 1.51. The summed E-state index contributed by atoms with van der Waals surface area (Å²) in [5.41, 5.74) is 0. The van der Waals surface area contributed by atoms with Crippen molar-refractivity contribution in [2.24, 2.45) is 5.92 Å². The van der Waals surface area contributed by atoms with Gasteiger partial charge in [-0.1, -0.05) is 32.0 Å². The summed E-state index contributed by atoms with van der Waals surface area (Å²) in [6, 6.07) is 9.65. The van der Waals surface area contributed by atoms with Crippen LogP contribution in [0.5, 0.6) is 5.75 Å². The van der Waals surface area contributed by atoms with Crippen LogP contribution >= 0.6 is 0 Å². The van der Waals surface area contributed by atoms with Gasteiger partial charge in [-0.25, -0.2) is 0 Å². The highest BCUT2D eigenvalue weighted by atomic mass is 16.5. The Labute approximate surface area is 115 Å². The van der Waals surface area contributed by atoms with Gasteiger partial charge in [-0.05, 0) is 24.5 Å². The van der Waals surface area contributed by atoms with E-state index in [1.165, 1.54) is 0 Å². The van der Waals surface area contributed by atoms with Crippen molar-refractivity contribution in [3.05, 3.63) is 30.3 Å². The Hall–Kier alpha value is -1.55. The van der Waals surface area contributed by atoms with Crippen LogP contribution in [0.1, 0.15) is 20.3 Å². The fourth-order valence-corrected chi connectivity index (χ4v) is 1.52. The van der Waals surface area contributed by atoms with Crippen molar-refractivity contribution in [3.8, 4) is 5.75 Å². The molecular formula is C15H24N2O2. The Morgan fingerprint density at radius 1 is 1.21 bits per heavy atom. The highest BCUT2D eigenvalue weighted by molar-refractivity contribution is 5.77. The van der Waals surface area contributed by atoms with Crippen LogP contribution in [0.15, 0.2) is 30.3 Å². The zero-order chi connectivity index (χ0) is 13.9. The van der Waals surface area contributed by atoms with E-state index < -0.39 is 0 Å². The Morgan fingerprint density at radius 2 is 1.95 bits per heavy atom. The topological polar surface area (TPSA) is 50.4 Å². The van der Waals surface area contributed by atoms with Crippen molar-refractivity contribution in [3.63, 3.8) is 0 Å². The SMILES string of the molecule is CC(C)CCNC(=O)CNCCOc1ccccc1. The molecule has 0 aliphatic carbocycles. The van der Waals surface area contributed by atoms with Crippen LogP contribution in [0, 0.1) is 5.92 Å². The van der Waals surface area contributed by atoms with Gasteiger partial charge >= 0.3 is 0 Å². The minimum Gasteiger partial charge on any atom is -0.492 e. The molecule has 1 amide bonds. The molecule has 0 unspecified atom stereocenters. The van der Waals surface area contributed by atoms with Crippen LogP contribution in [0.25, 0.3) is 0 Å². The van der Waals surface area contributed by atoms with Crippen LogP contribution in [0.4, 0.5) is 0 Å². The standard InChI is InChI=1S/C15H24N2O2/c1-13(2)8-9-17-15(18)12-16-10-11-19-14-6-4-3-5-7-14/h3-7,13,16H,8-12H2,1-2H3,(H,17,18). The summed E-state index contributed by atoms with van der Waals surface area (Å²) in [6.45, 7) is 6.60. The Morgan fingerprint density at radius 3 is 2.63 bits per heavy atom. The van der Waals surface area contributed by atoms with Crippen molar-refractivity contribution in [2.45, 2.75) is 20.3 Å². The fourth-order valence-electron chi connectivity index (χ4n) is 1.52. The van der Waals surface area contributed by atoms with Crippen LogP contribution < -0.4 is 15.4 Å². The molecule has 1 aromatic carbocycles. The number of nitrogens with one attached hydrogen (secondary N) is 2. The zero-order valence-corrected chi connectivity index (χ0v) is 11.8. The van der Waals surface area contributed by atoms with Crippen LogP contribution in [0.2, 0.25) is 0 Å². The summed E-state index contributed by atoms with van der Waals surface area (Å²) in [6.07, 6.45) is 1.02. The number of amides is 1. The third-order valence-electron chi connectivity index (χ3n) is 2.62. The lowest BCUT2D eigenvalue weighted by Gasteiger charge is -2.09. The molecule has 1 aromatic rings. The summed E-state index contributed by atoms with van der Waals surface area (Å²) in [5, 5.41) is 5.94. The number of benzene rings is 1. The van der Waals surface area contributed by atoms with Gasteiger partial charge in [0.15, 0.2) is 0 Å². The Kier molecular flexibility index (Phi) is 7.66. The van der Waals surface area contributed by atoms with E-state index in [4.69, 9.17) is 4.74 Å². The number of ether oxygens (including phenoxy) is 1. The molecule has 0 heterocycles. The van der Waals surface area contributed by atoms with Crippen molar-refractivity contribution < 1.29 is 9.53 Å². The molecule has 0 atom stereocenters. The summed E-state index contributed by atoms with van der Waals surface area (Å²) in [7, 11) is 0. The van der Waals surface area contributed by atoms with Crippen molar-refractivity contribution in [2.75, 3.05) is 26.2 Å². The minimum absolute atomic E-state index is 0.0420. The maximum Gasteiger partial charge on any atom is 0.233 e. The van der Waals surface area contributed by atoms with E-state index >= 15 is 0 Å². The first-order chi connectivity index (χ1) is 9.18. The second-order valence-electron chi connectivity index (χ2n) is 4.87. The third kappa shape index (κ3) is 8.21. The van der Waals surface area contributed by atoms with E-state index in [9.17, 15) is 4.79 Å². The highest BCUT2D eigenvalue weighted by Gasteiger charge is 2.00. The predicted molar refractivity (Wildman–Crippen MR) is 77.3 cm³/mol. The summed E-state index contributed by atoms with van der Waals surface area (Å²) < 4.78 is 5.51. The predicted octanol–water partition coefficient (Wildman–Crippen LogP) is 1.82. The van der Waals surface area contributed by atoms with E-state index in [2.05, 4.69) is 24.5 Å². The van der Waals surface area contributed by atoms with Gasteiger partial charge in [0.2, 0.25) is 5.91 Å². The van der Waals surface area contributed by atoms with Gasteiger partial charge < -0.3 is 15.4 Å². The van der Waals surface area contributed by atoms with E-state index in [1.807, 2.05) is 30.3 Å². The van der Waals surface area contributed by atoms with Crippen LogP contribution in [-0.4, -0.2) is 32.1 Å². The molecule has 0 spiro atoms. The lowest BCUT2D eigenvalue weighted by Crippen LogP contribution is -2.36. The number of hydrogen-bond acceptors (Lipinski definition) is 3. The van der Waals surface area contributed by atoms with Crippen LogP contribution in [0.3, 0.4) is 0 Å². The quantitative estimate of drug-likeness (QED) is 0.669. The molecule has 4 heteroatoms. The molecular weight excluding hydrogens is 240 g/mol. The smallest absolute Gasteiger partial charge is 0.233 e. The van der Waals surface area contributed by atoms with Gasteiger partial charge in [0, 0.05) is 13.1 Å². The lowest BCUT2D eigenvalue weighted by molar-refractivity contribution is -0.120. The van der Waals surface area contributed by atoms with E-state index in [-0.39, 0.29) is 5.91 Å². The summed E-state index contributed by atoms with van der Waals surface area (Å²) >= 11 is 0. The van der Waals surface area contributed by atoms with Gasteiger partial charge in [0.1, 0.15) is 12.4 Å². The van der Waals surface area contributed by atoms with Gasteiger partial charge in [-0.2, -0.15) is 0 Å². The second-order valence-corrected chi connectivity index (χ2v) is 4.87. The van der Waals surface area contributed by atoms with Gasteiger partial charge in [-0.3, -0.25) is 4.79 Å². The molecule has 0 saturated carbocycles. The van der Waals surface area contributed by atoms with Crippen molar-refractivity contribution >= 4 is 5.91 Å². The van der Waals surface area contributed by atoms with Gasteiger partial charge in [-0.15, -0.1) is 0 Å². The first-order valence-electron chi connectivity index (χ1n) is 6.83. The maximum absolute atomic E-state index is 11.4. The van der Waals surface area contributed by atoms with Crippen molar-refractivity contribution in [1.29, 1.82) is 0 Å². The van der Waals surface area contributed by atoms with Gasteiger partial charge in [0.25, 0.3) is 0 Å².